The maximum atomic E-state index is 13.1. The SMILES string of the molecule is CCn1c(=Cc2cccc[n+]2CCCCC(=O)O)sc(=CC=C2Sc3ccccc3N2C)c1=O. The van der Waals surface area contributed by atoms with Crippen molar-refractivity contribution in [3.8, 4) is 0 Å². The van der Waals surface area contributed by atoms with Gasteiger partial charge in [0.1, 0.15) is 11.2 Å². The molecule has 34 heavy (non-hydrogen) atoms. The molecule has 0 atom stereocenters. The number of thiazole rings is 1. The summed E-state index contributed by atoms with van der Waals surface area (Å²) in [6.07, 6.45) is 9.59. The molecular formula is C26H28N3O3S2+. The Balaban J connectivity index is 1.65. The number of carboxylic acids is 1. The molecule has 0 spiro atoms. The van der Waals surface area contributed by atoms with Crippen molar-refractivity contribution in [3.63, 3.8) is 0 Å². The summed E-state index contributed by atoms with van der Waals surface area (Å²) in [6, 6.07) is 14.2. The molecular weight excluding hydrogens is 466 g/mol. The van der Waals surface area contributed by atoms with E-state index in [2.05, 4.69) is 21.6 Å². The lowest BCUT2D eigenvalue weighted by molar-refractivity contribution is -0.699. The summed E-state index contributed by atoms with van der Waals surface area (Å²) in [5.74, 6) is -0.764. The zero-order chi connectivity index (χ0) is 24.1. The number of carbonyl (C=O) groups is 1. The molecule has 0 saturated heterocycles. The molecule has 6 nitrogen and oxygen atoms in total. The summed E-state index contributed by atoms with van der Waals surface area (Å²) in [4.78, 5) is 27.2. The highest BCUT2D eigenvalue weighted by Crippen LogP contribution is 2.44. The minimum Gasteiger partial charge on any atom is -0.481 e. The van der Waals surface area contributed by atoms with Crippen molar-refractivity contribution >= 4 is 46.9 Å². The first-order chi connectivity index (χ1) is 16.5. The number of fused-ring (bicyclic) bond motifs is 1. The van der Waals surface area contributed by atoms with Crippen molar-refractivity contribution in [2.24, 2.45) is 0 Å². The zero-order valence-corrected chi connectivity index (χ0v) is 20.9. The van der Waals surface area contributed by atoms with Gasteiger partial charge in [-0.05, 0) is 43.7 Å². The Labute approximate surface area is 206 Å². The quantitative estimate of drug-likeness (QED) is 0.385. The molecule has 176 valence electrons. The Morgan fingerprint density at radius 3 is 2.68 bits per heavy atom. The second kappa shape index (κ2) is 10.9. The fourth-order valence-electron chi connectivity index (χ4n) is 3.88. The van der Waals surface area contributed by atoms with Gasteiger partial charge in [-0.2, -0.15) is 4.57 Å². The number of para-hydroxylation sites is 1. The molecule has 1 N–H and O–H groups in total. The molecule has 0 bridgehead atoms. The van der Waals surface area contributed by atoms with Crippen molar-refractivity contribution < 1.29 is 14.5 Å². The average Bonchev–Trinajstić information content (AvgIpc) is 3.31. The smallest absolute Gasteiger partial charge is 0.303 e. The number of pyridine rings is 1. The van der Waals surface area contributed by atoms with Crippen LogP contribution in [0.2, 0.25) is 0 Å². The van der Waals surface area contributed by atoms with Crippen molar-refractivity contribution in [1.29, 1.82) is 0 Å². The van der Waals surface area contributed by atoms with Gasteiger partial charge in [-0.15, -0.1) is 11.3 Å². The Morgan fingerprint density at radius 2 is 1.91 bits per heavy atom. The number of aryl methyl sites for hydroxylation is 1. The van der Waals surface area contributed by atoms with Gasteiger partial charge < -0.3 is 10.0 Å². The maximum absolute atomic E-state index is 13.1. The van der Waals surface area contributed by atoms with Crippen molar-refractivity contribution in [2.75, 3.05) is 11.9 Å². The summed E-state index contributed by atoms with van der Waals surface area (Å²) in [7, 11) is 2.04. The van der Waals surface area contributed by atoms with Gasteiger partial charge in [0, 0.05) is 49.5 Å². The van der Waals surface area contributed by atoms with Crippen molar-refractivity contribution in [3.05, 3.63) is 85.0 Å². The summed E-state index contributed by atoms with van der Waals surface area (Å²) in [5, 5.41) is 9.95. The number of nitrogens with zero attached hydrogens (tertiary/aromatic N) is 3. The molecule has 4 rings (SSSR count). The number of thioether (sulfide) groups is 1. The highest BCUT2D eigenvalue weighted by molar-refractivity contribution is 8.03. The molecule has 0 unspecified atom stereocenters. The highest BCUT2D eigenvalue weighted by atomic mass is 32.2. The third-order valence-electron chi connectivity index (χ3n) is 5.69. The van der Waals surface area contributed by atoms with Crippen molar-refractivity contribution in [1.82, 2.24) is 4.57 Å². The van der Waals surface area contributed by atoms with Crippen LogP contribution in [-0.2, 0) is 17.9 Å². The first-order valence-electron chi connectivity index (χ1n) is 11.3. The van der Waals surface area contributed by atoms with E-state index in [0.29, 0.717) is 17.5 Å². The molecule has 8 heteroatoms. The first-order valence-corrected chi connectivity index (χ1v) is 13.0. The van der Waals surface area contributed by atoms with Crippen LogP contribution in [0.25, 0.3) is 12.2 Å². The lowest BCUT2D eigenvalue weighted by atomic mass is 10.2. The van der Waals surface area contributed by atoms with E-state index in [1.165, 1.54) is 21.9 Å². The third-order valence-corrected chi connectivity index (χ3v) is 7.95. The maximum Gasteiger partial charge on any atom is 0.303 e. The number of carboxylic acid groups (broad SMARTS) is 1. The molecule has 0 aliphatic carbocycles. The number of aliphatic carboxylic acids is 1. The number of hydrogen-bond donors (Lipinski definition) is 1. The van der Waals surface area contributed by atoms with Crippen LogP contribution in [0.15, 0.2) is 69.5 Å². The van der Waals surface area contributed by atoms with Crippen LogP contribution < -0.4 is 24.2 Å². The van der Waals surface area contributed by atoms with Gasteiger partial charge >= 0.3 is 5.97 Å². The van der Waals surface area contributed by atoms with Gasteiger partial charge in [-0.25, -0.2) is 0 Å². The minimum absolute atomic E-state index is 0.0164. The van der Waals surface area contributed by atoms with E-state index in [4.69, 9.17) is 5.11 Å². The van der Waals surface area contributed by atoms with E-state index in [-0.39, 0.29) is 12.0 Å². The molecule has 3 heterocycles. The predicted octanol–water partition coefficient (Wildman–Crippen LogP) is 3.16. The monoisotopic (exact) mass is 494 g/mol. The highest BCUT2D eigenvalue weighted by Gasteiger charge is 2.20. The molecule has 0 radical (unpaired) electrons. The van der Waals surface area contributed by atoms with Crippen LogP contribution in [0.4, 0.5) is 5.69 Å². The Kier molecular flexibility index (Phi) is 7.70. The Hall–Kier alpha value is -3.10. The van der Waals surface area contributed by atoms with Gasteiger partial charge in [0.15, 0.2) is 6.20 Å². The zero-order valence-electron chi connectivity index (χ0n) is 19.3. The second-order valence-electron chi connectivity index (χ2n) is 7.97. The van der Waals surface area contributed by atoms with E-state index in [1.54, 1.807) is 16.3 Å². The van der Waals surface area contributed by atoms with Crippen LogP contribution in [0.1, 0.15) is 31.9 Å². The van der Waals surface area contributed by atoms with Gasteiger partial charge in [-0.1, -0.05) is 23.9 Å². The molecule has 0 amide bonds. The number of hydrogen-bond acceptors (Lipinski definition) is 5. The Morgan fingerprint density at radius 1 is 1.12 bits per heavy atom. The number of anilines is 1. The van der Waals surface area contributed by atoms with Crippen LogP contribution in [0.3, 0.4) is 0 Å². The number of rotatable bonds is 8. The van der Waals surface area contributed by atoms with Gasteiger partial charge in [0.05, 0.1) is 15.2 Å². The standard InChI is InChI=1S/C26H27N3O3S2/c1-3-29-24(18-19-10-6-8-16-28(19)17-9-7-13-25(30)31)34-22(26(29)32)14-15-23-27(2)20-11-4-5-12-21(20)33-23/h4-6,8,10-12,14-16,18H,3,7,9,13,17H2,1-2H3/p+1. The van der Waals surface area contributed by atoms with Crippen LogP contribution in [0.5, 0.6) is 0 Å². The third kappa shape index (κ3) is 5.34. The van der Waals surface area contributed by atoms with Crippen LogP contribution in [0, 0.1) is 0 Å². The number of unbranched alkanes of at least 4 members (excludes halogenated alkanes) is 1. The number of aromatic nitrogens is 2. The van der Waals surface area contributed by atoms with Gasteiger partial charge in [-0.3, -0.25) is 14.2 Å². The first kappa shape index (κ1) is 24.0. The molecule has 1 aliphatic heterocycles. The molecule has 0 saturated carbocycles. The molecule has 3 aromatic rings. The van der Waals surface area contributed by atoms with E-state index in [0.717, 1.165) is 28.4 Å². The summed E-state index contributed by atoms with van der Waals surface area (Å²) in [5.41, 5.74) is 2.19. The molecule has 1 aliphatic rings. The fourth-order valence-corrected chi connectivity index (χ4v) is 5.99. The second-order valence-corrected chi connectivity index (χ2v) is 10.1. The average molecular weight is 495 g/mol. The lowest BCUT2D eigenvalue weighted by Crippen LogP contribution is -2.37. The van der Waals surface area contributed by atoms with E-state index < -0.39 is 5.97 Å². The lowest BCUT2D eigenvalue weighted by Gasteiger charge is -2.12. The van der Waals surface area contributed by atoms with E-state index >= 15 is 0 Å². The fraction of sp³-hybridized carbons (Fsp3) is 0.269. The van der Waals surface area contributed by atoms with Crippen LogP contribution >= 0.6 is 23.1 Å². The van der Waals surface area contributed by atoms with Gasteiger partial charge in [0.2, 0.25) is 5.69 Å². The topological polar surface area (TPSA) is 66.4 Å². The molecule has 1 aromatic carbocycles. The van der Waals surface area contributed by atoms with E-state index in [9.17, 15) is 9.59 Å². The van der Waals surface area contributed by atoms with Crippen molar-refractivity contribution in [2.45, 2.75) is 44.2 Å². The number of allylic oxidation sites excluding steroid dienone is 1. The number of benzene rings is 1. The molecule has 0 fully saturated rings. The summed E-state index contributed by atoms with van der Waals surface area (Å²) < 4.78 is 5.52. The summed E-state index contributed by atoms with van der Waals surface area (Å²) >= 11 is 3.20. The van der Waals surface area contributed by atoms with Gasteiger partial charge in [0.25, 0.3) is 5.56 Å². The van der Waals surface area contributed by atoms with E-state index in [1.807, 2.05) is 68.7 Å². The summed E-state index contributed by atoms with van der Waals surface area (Å²) in [6.45, 7) is 3.31. The Bertz CT molecular complexity index is 1410. The molecule has 2 aromatic heterocycles. The van der Waals surface area contributed by atoms with Crippen LogP contribution in [-0.4, -0.2) is 22.7 Å². The minimum atomic E-state index is -0.764. The predicted molar refractivity (Wildman–Crippen MR) is 138 cm³/mol. The largest absolute Gasteiger partial charge is 0.481 e. The normalized spacial score (nSPS) is 15.4.